The Morgan fingerprint density at radius 3 is 2.17 bits per heavy atom. The molecular formula is C24H29F3N4O4. The van der Waals surface area contributed by atoms with E-state index in [4.69, 9.17) is 0 Å². The molecule has 190 valence electrons. The van der Waals surface area contributed by atoms with Crippen molar-refractivity contribution in [2.24, 2.45) is 5.10 Å². The van der Waals surface area contributed by atoms with Crippen molar-refractivity contribution in [1.29, 1.82) is 0 Å². The van der Waals surface area contributed by atoms with Gasteiger partial charge in [0.1, 0.15) is 5.75 Å². The van der Waals surface area contributed by atoms with Crippen molar-refractivity contribution in [2.75, 3.05) is 19.1 Å². The molecule has 0 fully saturated rings. The number of aromatic nitrogens is 1. The van der Waals surface area contributed by atoms with Gasteiger partial charge in [0, 0.05) is 24.8 Å². The fourth-order valence-corrected chi connectivity index (χ4v) is 2.37. The summed E-state index contributed by atoms with van der Waals surface area (Å²) in [6, 6.07) is 8.47. The first-order valence-electron chi connectivity index (χ1n) is 10.4. The molecule has 0 aliphatic heterocycles. The molecule has 0 spiro atoms. The maximum absolute atomic E-state index is 12.3. The minimum Gasteiger partial charge on any atom is -0.406 e. The molecule has 8 nitrogen and oxygen atoms in total. The lowest BCUT2D eigenvalue weighted by Gasteiger charge is -2.24. The minimum absolute atomic E-state index is 0.155. The topological polar surface area (TPSA) is 104 Å². The van der Waals surface area contributed by atoms with E-state index in [2.05, 4.69) is 20.1 Å². The third kappa shape index (κ3) is 10.9. The summed E-state index contributed by atoms with van der Waals surface area (Å²) < 4.78 is 40.7. The Hall–Kier alpha value is -3.57. The molecule has 0 amide bonds. The molecular weight excluding hydrogens is 465 g/mol. The monoisotopic (exact) mass is 494 g/mol. The second-order valence-corrected chi connectivity index (χ2v) is 7.84. The van der Waals surface area contributed by atoms with E-state index in [-0.39, 0.29) is 17.3 Å². The van der Waals surface area contributed by atoms with Crippen LogP contribution in [0.5, 0.6) is 5.75 Å². The number of allylic oxidation sites excluding steroid dienone is 2. The molecule has 2 rings (SSSR count). The van der Waals surface area contributed by atoms with Gasteiger partial charge in [0.05, 0.1) is 28.8 Å². The first-order valence-corrected chi connectivity index (χ1v) is 10.4. The summed E-state index contributed by atoms with van der Waals surface area (Å²) in [5, 5.41) is 17.9. The summed E-state index contributed by atoms with van der Waals surface area (Å²) in [4.78, 5) is 25.9. The number of hydrazone groups is 1. The van der Waals surface area contributed by atoms with Crippen LogP contribution in [0, 0.1) is 0 Å². The molecule has 0 radical (unpaired) electrons. The molecule has 0 saturated carbocycles. The molecule has 2 N–H and O–H groups in total. The van der Waals surface area contributed by atoms with Crippen LogP contribution >= 0.6 is 0 Å². The number of likely N-dealkylation sites (N-methyl/N-ethyl adjacent to an activating group) is 1. The number of anilines is 1. The summed E-state index contributed by atoms with van der Waals surface area (Å²) in [6.07, 6.45) is 0.263. The lowest BCUT2D eigenvalue weighted by molar-refractivity contribution is -0.274. The second-order valence-electron chi connectivity index (χ2n) is 7.84. The molecule has 1 heterocycles. The lowest BCUT2D eigenvalue weighted by Crippen LogP contribution is -2.42. The number of hydrogen-bond acceptors (Lipinski definition) is 8. The van der Waals surface area contributed by atoms with Gasteiger partial charge < -0.3 is 15.2 Å². The molecule has 0 bridgehead atoms. The maximum atomic E-state index is 12.3. The zero-order valence-electron chi connectivity index (χ0n) is 20.1. The number of nitrogens with zero attached hydrogens (tertiary/aromatic N) is 3. The quantitative estimate of drug-likeness (QED) is 0.137. The summed E-state index contributed by atoms with van der Waals surface area (Å²) >= 11 is 0. The number of aliphatic hydroxyl groups is 1. The maximum Gasteiger partial charge on any atom is 0.573 e. The highest BCUT2D eigenvalue weighted by atomic mass is 19.4. The van der Waals surface area contributed by atoms with Gasteiger partial charge in [-0.05, 0) is 70.3 Å². The van der Waals surface area contributed by atoms with Crippen molar-refractivity contribution >= 4 is 24.0 Å². The standard InChI is InChI=1S/C18H14F3N3O3.C6H15NO/c1-24(15-3-2-8-22-10-15)23-17(9-13(11-25)12-26)14-4-6-16(7-5-14)27-18(19,20)21;1-5(7-4)6(2,3)8/h2-12H,1H3;5,7-8H,1-4H3/b23-17+;. The molecule has 0 saturated heterocycles. The van der Waals surface area contributed by atoms with Gasteiger partial charge in [-0.25, -0.2) is 0 Å². The molecule has 1 atom stereocenters. The van der Waals surface area contributed by atoms with Crippen molar-refractivity contribution in [1.82, 2.24) is 10.3 Å². The minimum atomic E-state index is -4.80. The Kier molecular flexibility index (Phi) is 11.2. The van der Waals surface area contributed by atoms with E-state index in [0.717, 1.165) is 12.1 Å². The normalized spacial score (nSPS) is 12.5. The van der Waals surface area contributed by atoms with E-state index in [1.54, 1.807) is 45.4 Å². The van der Waals surface area contributed by atoms with E-state index in [1.807, 2.05) is 14.0 Å². The molecule has 1 unspecified atom stereocenters. The van der Waals surface area contributed by atoms with Gasteiger partial charge in [-0.3, -0.25) is 19.6 Å². The number of benzene rings is 1. The van der Waals surface area contributed by atoms with Crippen molar-refractivity contribution in [3.05, 3.63) is 66.0 Å². The van der Waals surface area contributed by atoms with Crippen LogP contribution in [0.2, 0.25) is 0 Å². The zero-order valence-corrected chi connectivity index (χ0v) is 20.1. The molecule has 1 aromatic heterocycles. The van der Waals surface area contributed by atoms with Crippen LogP contribution in [0.3, 0.4) is 0 Å². The Morgan fingerprint density at radius 1 is 1.17 bits per heavy atom. The number of hydrogen-bond donors (Lipinski definition) is 2. The largest absolute Gasteiger partial charge is 0.573 e. The highest BCUT2D eigenvalue weighted by Crippen LogP contribution is 2.23. The third-order valence-corrected chi connectivity index (χ3v) is 4.73. The van der Waals surface area contributed by atoms with Crippen LogP contribution in [0.1, 0.15) is 26.3 Å². The Labute approximate surface area is 202 Å². The van der Waals surface area contributed by atoms with E-state index in [0.29, 0.717) is 23.8 Å². The summed E-state index contributed by atoms with van der Waals surface area (Å²) in [5.41, 5.74) is 0.410. The first-order chi connectivity index (χ1) is 16.3. The summed E-state index contributed by atoms with van der Waals surface area (Å²) in [5.74, 6) is -0.402. The van der Waals surface area contributed by atoms with E-state index in [9.17, 15) is 27.9 Å². The van der Waals surface area contributed by atoms with Crippen molar-refractivity contribution < 1.29 is 32.6 Å². The van der Waals surface area contributed by atoms with Gasteiger partial charge in [0.25, 0.3) is 0 Å². The Balaban J connectivity index is 0.000000658. The number of rotatable bonds is 9. The van der Waals surface area contributed by atoms with Gasteiger partial charge in [-0.15, -0.1) is 13.2 Å². The summed E-state index contributed by atoms with van der Waals surface area (Å²) in [6.45, 7) is 5.52. The number of carbonyl (C=O) groups is 2. The van der Waals surface area contributed by atoms with E-state index >= 15 is 0 Å². The van der Waals surface area contributed by atoms with Crippen LogP contribution in [-0.2, 0) is 9.59 Å². The average molecular weight is 495 g/mol. The molecule has 11 heteroatoms. The van der Waals surface area contributed by atoms with Crippen LogP contribution in [0.4, 0.5) is 18.9 Å². The van der Waals surface area contributed by atoms with Gasteiger partial charge >= 0.3 is 6.36 Å². The Morgan fingerprint density at radius 2 is 1.77 bits per heavy atom. The average Bonchev–Trinajstić information content (AvgIpc) is 2.81. The molecule has 0 aliphatic rings. The van der Waals surface area contributed by atoms with Gasteiger partial charge in [-0.2, -0.15) is 5.10 Å². The van der Waals surface area contributed by atoms with Crippen LogP contribution < -0.4 is 15.1 Å². The molecule has 0 aliphatic carbocycles. The number of pyridine rings is 1. The van der Waals surface area contributed by atoms with E-state index in [1.165, 1.54) is 23.2 Å². The number of nitrogens with one attached hydrogen (secondary N) is 1. The third-order valence-electron chi connectivity index (χ3n) is 4.73. The number of alkyl halides is 3. The van der Waals surface area contributed by atoms with Gasteiger partial charge in [0.2, 0.25) is 0 Å². The molecule has 35 heavy (non-hydrogen) atoms. The van der Waals surface area contributed by atoms with Gasteiger partial charge in [-0.1, -0.05) is 0 Å². The van der Waals surface area contributed by atoms with Crippen molar-refractivity contribution in [2.45, 2.75) is 38.8 Å². The van der Waals surface area contributed by atoms with Crippen molar-refractivity contribution in [3.8, 4) is 5.75 Å². The fourth-order valence-electron chi connectivity index (χ4n) is 2.37. The lowest BCUT2D eigenvalue weighted by atomic mass is 10.0. The predicted octanol–water partition coefficient (Wildman–Crippen LogP) is 3.51. The van der Waals surface area contributed by atoms with E-state index < -0.39 is 17.7 Å². The number of halogens is 3. The highest BCUT2D eigenvalue weighted by Gasteiger charge is 2.31. The molecule has 1 aromatic carbocycles. The van der Waals surface area contributed by atoms with Crippen LogP contribution in [0.15, 0.2) is 65.5 Å². The SMILES string of the molecule is CN(/N=C(\C=C(C=O)C=O)c1ccc(OC(F)(F)F)cc1)c1cccnc1.CNC(C)C(C)(C)O. The predicted molar refractivity (Wildman–Crippen MR) is 127 cm³/mol. The second kappa shape index (κ2) is 13.4. The fraction of sp³-hybridized carbons (Fsp3) is 0.333. The smallest absolute Gasteiger partial charge is 0.406 e. The Bertz CT molecular complexity index is 992. The van der Waals surface area contributed by atoms with Crippen LogP contribution in [0.25, 0.3) is 0 Å². The molecule has 2 aromatic rings. The number of aldehydes is 2. The van der Waals surface area contributed by atoms with Gasteiger partial charge in [0.15, 0.2) is 12.6 Å². The zero-order chi connectivity index (χ0) is 26.6. The van der Waals surface area contributed by atoms with Crippen LogP contribution in [-0.4, -0.2) is 60.5 Å². The number of ether oxygens (including phenoxy) is 1. The first kappa shape index (κ1) is 29.5. The number of carbonyl (C=O) groups excluding carboxylic acids is 2. The highest BCUT2D eigenvalue weighted by molar-refractivity contribution is 6.15. The summed E-state index contributed by atoms with van der Waals surface area (Å²) in [7, 11) is 3.45. The van der Waals surface area contributed by atoms with Crippen molar-refractivity contribution in [3.63, 3.8) is 0 Å².